The second kappa shape index (κ2) is 5.81. The Morgan fingerprint density at radius 2 is 2.23 bits per heavy atom. The molecule has 6 nitrogen and oxygen atoms in total. The Labute approximate surface area is 129 Å². The first-order valence-corrected chi connectivity index (χ1v) is 7.46. The predicted molar refractivity (Wildman–Crippen MR) is 85.9 cm³/mol. The fourth-order valence-electron chi connectivity index (χ4n) is 2.94. The summed E-state index contributed by atoms with van der Waals surface area (Å²) >= 11 is 0. The van der Waals surface area contributed by atoms with E-state index in [4.69, 9.17) is 16.6 Å². The summed E-state index contributed by atoms with van der Waals surface area (Å²) in [5.74, 6) is -0.303. The van der Waals surface area contributed by atoms with Crippen molar-refractivity contribution in [3.8, 4) is 11.3 Å². The van der Waals surface area contributed by atoms with Crippen molar-refractivity contribution in [2.75, 3.05) is 19.3 Å². The number of benzene rings is 1. The Kier molecular flexibility index (Phi) is 3.85. The van der Waals surface area contributed by atoms with Crippen molar-refractivity contribution in [1.82, 2.24) is 14.7 Å². The van der Waals surface area contributed by atoms with Gasteiger partial charge in [0.25, 0.3) is 0 Å². The third-order valence-corrected chi connectivity index (χ3v) is 4.05. The van der Waals surface area contributed by atoms with Gasteiger partial charge in [-0.2, -0.15) is 5.10 Å². The predicted octanol–water partition coefficient (Wildman–Crippen LogP) is 0.996. The quantitative estimate of drug-likeness (QED) is 0.824. The summed E-state index contributed by atoms with van der Waals surface area (Å²) in [4.78, 5) is 13.3. The number of carbonyl (C=O) groups is 1. The molecule has 0 unspecified atom stereocenters. The molecule has 1 aromatic heterocycles. The van der Waals surface area contributed by atoms with Gasteiger partial charge in [-0.15, -0.1) is 0 Å². The molecule has 0 saturated heterocycles. The molecular formula is C16H21N5O. The van der Waals surface area contributed by atoms with E-state index in [-0.39, 0.29) is 5.91 Å². The van der Waals surface area contributed by atoms with Gasteiger partial charge in [-0.25, -0.2) is 0 Å². The van der Waals surface area contributed by atoms with E-state index in [1.165, 1.54) is 11.3 Å². The molecule has 2 heterocycles. The topological polar surface area (TPSA) is 90.2 Å². The van der Waals surface area contributed by atoms with Gasteiger partial charge in [0.15, 0.2) is 0 Å². The van der Waals surface area contributed by atoms with Crippen molar-refractivity contribution < 1.29 is 4.79 Å². The van der Waals surface area contributed by atoms with E-state index in [1.807, 2.05) is 28.9 Å². The summed E-state index contributed by atoms with van der Waals surface area (Å²) in [6.07, 6.45) is 1.24. The summed E-state index contributed by atoms with van der Waals surface area (Å²) in [6, 6.07) is 7.76. The molecule has 0 fully saturated rings. The number of carbonyl (C=O) groups excluding carboxylic acids is 1. The number of likely N-dealkylation sites (N-methyl/N-ethyl adjacent to an activating group) is 1. The van der Waals surface area contributed by atoms with Gasteiger partial charge in [0.1, 0.15) is 0 Å². The molecule has 1 aromatic carbocycles. The van der Waals surface area contributed by atoms with Gasteiger partial charge in [0, 0.05) is 55.0 Å². The Hall–Kier alpha value is -2.34. The van der Waals surface area contributed by atoms with Gasteiger partial charge >= 0.3 is 0 Å². The number of aryl methyl sites for hydroxylation is 1. The number of amides is 1. The lowest BCUT2D eigenvalue weighted by molar-refractivity contribution is -0.118. The Balaban J connectivity index is 2.04. The SMILES string of the molecule is CN1CCc2c(c(-c3cccc(N)c3)nn2CCC(N)=O)C1. The summed E-state index contributed by atoms with van der Waals surface area (Å²) in [5, 5.41) is 4.74. The molecule has 3 rings (SSSR count). The van der Waals surface area contributed by atoms with Crippen molar-refractivity contribution in [2.24, 2.45) is 5.73 Å². The lowest BCUT2D eigenvalue weighted by atomic mass is 10.0. The van der Waals surface area contributed by atoms with Crippen LogP contribution in [0.4, 0.5) is 5.69 Å². The molecular weight excluding hydrogens is 278 g/mol. The highest BCUT2D eigenvalue weighted by Crippen LogP contribution is 2.30. The average Bonchev–Trinajstić information content (AvgIpc) is 2.83. The van der Waals surface area contributed by atoms with Crippen molar-refractivity contribution in [1.29, 1.82) is 0 Å². The number of primary amides is 1. The highest BCUT2D eigenvalue weighted by atomic mass is 16.1. The minimum Gasteiger partial charge on any atom is -0.399 e. The molecule has 0 radical (unpaired) electrons. The van der Waals surface area contributed by atoms with Crippen LogP contribution in [0.1, 0.15) is 17.7 Å². The summed E-state index contributed by atoms with van der Waals surface area (Å²) < 4.78 is 1.94. The number of aromatic nitrogens is 2. The minimum atomic E-state index is -0.303. The molecule has 6 heteroatoms. The van der Waals surface area contributed by atoms with Crippen LogP contribution < -0.4 is 11.5 Å². The first-order chi connectivity index (χ1) is 10.5. The van der Waals surface area contributed by atoms with Crippen LogP contribution in [-0.2, 0) is 24.3 Å². The zero-order chi connectivity index (χ0) is 15.7. The first kappa shape index (κ1) is 14.6. The maximum Gasteiger partial charge on any atom is 0.219 e. The molecule has 1 amide bonds. The van der Waals surface area contributed by atoms with E-state index in [1.54, 1.807) is 0 Å². The number of hydrogen-bond donors (Lipinski definition) is 2. The fraction of sp³-hybridized carbons (Fsp3) is 0.375. The van der Waals surface area contributed by atoms with E-state index in [9.17, 15) is 4.79 Å². The number of anilines is 1. The molecule has 0 spiro atoms. The number of rotatable bonds is 4. The van der Waals surface area contributed by atoms with Gasteiger partial charge in [-0.1, -0.05) is 12.1 Å². The van der Waals surface area contributed by atoms with Gasteiger partial charge in [0.05, 0.1) is 5.69 Å². The minimum absolute atomic E-state index is 0.303. The largest absolute Gasteiger partial charge is 0.399 e. The third kappa shape index (κ3) is 2.82. The van der Waals surface area contributed by atoms with Crippen molar-refractivity contribution in [3.05, 3.63) is 35.5 Å². The van der Waals surface area contributed by atoms with E-state index in [0.29, 0.717) is 13.0 Å². The molecule has 1 aliphatic heterocycles. The van der Waals surface area contributed by atoms with Crippen LogP contribution in [0.3, 0.4) is 0 Å². The van der Waals surface area contributed by atoms with Crippen LogP contribution in [0.5, 0.6) is 0 Å². The normalized spacial score (nSPS) is 14.8. The van der Waals surface area contributed by atoms with Crippen LogP contribution in [-0.4, -0.2) is 34.2 Å². The van der Waals surface area contributed by atoms with Crippen LogP contribution in [0.25, 0.3) is 11.3 Å². The van der Waals surface area contributed by atoms with E-state index in [0.717, 1.165) is 36.5 Å². The number of hydrogen-bond acceptors (Lipinski definition) is 4. The van der Waals surface area contributed by atoms with Gasteiger partial charge in [-0.05, 0) is 19.2 Å². The van der Waals surface area contributed by atoms with Crippen LogP contribution >= 0.6 is 0 Å². The standard InChI is InChI=1S/C16H21N5O/c1-20-7-5-14-13(10-20)16(11-3-2-4-12(17)9-11)19-21(14)8-6-15(18)22/h2-4,9H,5-8,10,17H2,1H3,(H2,18,22). The van der Waals surface area contributed by atoms with E-state index in [2.05, 4.69) is 11.9 Å². The molecule has 2 aromatic rings. The lowest BCUT2D eigenvalue weighted by Gasteiger charge is -2.23. The zero-order valence-corrected chi connectivity index (χ0v) is 12.7. The monoisotopic (exact) mass is 299 g/mol. The zero-order valence-electron chi connectivity index (χ0n) is 12.7. The molecule has 1 aliphatic rings. The summed E-state index contributed by atoms with van der Waals surface area (Å²) in [5.41, 5.74) is 16.3. The van der Waals surface area contributed by atoms with Gasteiger partial charge < -0.3 is 16.4 Å². The Bertz CT molecular complexity index is 707. The molecule has 0 saturated carbocycles. The highest BCUT2D eigenvalue weighted by molar-refractivity contribution is 5.73. The van der Waals surface area contributed by atoms with Crippen LogP contribution in [0.15, 0.2) is 24.3 Å². The van der Waals surface area contributed by atoms with E-state index < -0.39 is 0 Å². The van der Waals surface area contributed by atoms with Crippen LogP contribution in [0, 0.1) is 0 Å². The van der Waals surface area contributed by atoms with Crippen molar-refractivity contribution >= 4 is 11.6 Å². The molecule has 0 bridgehead atoms. The molecule has 4 N–H and O–H groups in total. The lowest BCUT2D eigenvalue weighted by Crippen LogP contribution is -2.28. The average molecular weight is 299 g/mol. The molecule has 0 atom stereocenters. The molecule has 0 aliphatic carbocycles. The number of nitrogens with two attached hydrogens (primary N) is 2. The maximum atomic E-state index is 11.1. The van der Waals surface area contributed by atoms with Crippen molar-refractivity contribution in [2.45, 2.75) is 25.9 Å². The number of nitrogens with zero attached hydrogens (tertiary/aromatic N) is 3. The van der Waals surface area contributed by atoms with E-state index >= 15 is 0 Å². The molecule has 116 valence electrons. The van der Waals surface area contributed by atoms with Gasteiger partial charge in [-0.3, -0.25) is 9.48 Å². The van der Waals surface area contributed by atoms with Crippen LogP contribution in [0.2, 0.25) is 0 Å². The Morgan fingerprint density at radius 3 is 2.95 bits per heavy atom. The summed E-state index contributed by atoms with van der Waals surface area (Å²) in [7, 11) is 2.10. The first-order valence-electron chi connectivity index (χ1n) is 7.46. The second-order valence-electron chi connectivity index (χ2n) is 5.83. The highest BCUT2D eigenvalue weighted by Gasteiger charge is 2.24. The molecule has 22 heavy (non-hydrogen) atoms. The number of fused-ring (bicyclic) bond motifs is 1. The van der Waals surface area contributed by atoms with Crippen molar-refractivity contribution in [3.63, 3.8) is 0 Å². The Morgan fingerprint density at radius 1 is 1.41 bits per heavy atom. The second-order valence-corrected chi connectivity index (χ2v) is 5.83. The smallest absolute Gasteiger partial charge is 0.219 e. The number of nitrogen functional groups attached to an aromatic ring is 1. The third-order valence-electron chi connectivity index (χ3n) is 4.05. The maximum absolute atomic E-state index is 11.1. The fourth-order valence-corrected chi connectivity index (χ4v) is 2.94. The summed E-state index contributed by atoms with van der Waals surface area (Å²) in [6.45, 7) is 2.38. The van der Waals surface area contributed by atoms with Gasteiger partial charge in [0.2, 0.25) is 5.91 Å².